The molecule has 1 spiro atoms. The summed E-state index contributed by atoms with van der Waals surface area (Å²) < 4.78 is 6.88. The Labute approximate surface area is 326 Å². The van der Waals surface area contributed by atoms with Gasteiger partial charge in [-0.15, -0.1) is 0 Å². The summed E-state index contributed by atoms with van der Waals surface area (Å²) in [5.74, 6) is 2.38. The van der Waals surface area contributed by atoms with Crippen molar-refractivity contribution in [1.82, 2.24) is 9.97 Å². The normalized spacial score (nSPS) is 12.9. The van der Waals surface area contributed by atoms with E-state index in [1.54, 1.807) is 0 Å². The molecule has 0 fully saturated rings. The molecule has 0 saturated heterocycles. The number of nitrogens with zero attached hydrogens (tertiary/aromatic N) is 2. The second-order valence-electron chi connectivity index (χ2n) is 14.4. The summed E-state index contributed by atoms with van der Waals surface area (Å²) in [6.07, 6.45) is 0. The summed E-state index contributed by atoms with van der Waals surface area (Å²) in [5, 5.41) is 0. The molecule has 8 aromatic carbocycles. The van der Waals surface area contributed by atoms with Gasteiger partial charge >= 0.3 is 0 Å². The predicted molar refractivity (Wildman–Crippen MR) is 227 cm³/mol. The van der Waals surface area contributed by atoms with Crippen LogP contribution in [0.3, 0.4) is 0 Å². The van der Waals surface area contributed by atoms with Gasteiger partial charge in [0.25, 0.3) is 0 Å². The number of hydrogen-bond donors (Lipinski definition) is 0. The van der Waals surface area contributed by atoms with Crippen LogP contribution >= 0.6 is 0 Å². The molecule has 0 saturated carbocycles. The van der Waals surface area contributed by atoms with Crippen molar-refractivity contribution in [3.8, 4) is 78.8 Å². The fraction of sp³-hybridized carbons (Fsp3) is 0.0189. The second kappa shape index (κ2) is 12.9. The summed E-state index contributed by atoms with van der Waals surface area (Å²) in [5.41, 5.74) is 16.0. The minimum Gasteiger partial charge on any atom is -0.457 e. The molecule has 3 nitrogen and oxygen atoms in total. The van der Waals surface area contributed by atoms with E-state index >= 15 is 0 Å². The summed E-state index contributed by atoms with van der Waals surface area (Å²) >= 11 is 0. The third-order valence-corrected chi connectivity index (χ3v) is 11.4. The molecule has 3 heteroatoms. The molecule has 0 atom stereocenters. The van der Waals surface area contributed by atoms with Crippen LogP contribution < -0.4 is 4.74 Å². The number of para-hydroxylation sites is 1. The summed E-state index contributed by atoms with van der Waals surface area (Å²) in [4.78, 5) is 10.6. The number of fused-ring (bicyclic) bond motifs is 9. The van der Waals surface area contributed by atoms with Crippen LogP contribution in [0, 0.1) is 0 Å². The topological polar surface area (TPSA) is 35.0 Å². The van der Waals surface area contributed by atoms with E-state index in [0.29, 0.717) is 5.82 Å². The van der Waals surface area contributed by atoms with Gasteiger partial charge in [0.2, 0.25) is 0 Å². The molecule has 2 heterocycles. The molecular weight excluding hydrogens is 681 g/mol. The highest BCUT2D eigenvalue weighted by Gasteiger charge is 2.50. The zero-order chi connectivity index (χ0) is 37.1. The third kappa shape index (κ3) is 4.91. The molecule has 2 aliphatic rings. The Balaban J connectivity index is 1.11. The number of benzene rings is 8. The molecule has 1 aromatic heterocycles. The van der Waals surface area contributed by atoms with Crippen LogP contribution in [0.5, 0.6) is 11.5 Å². The van der Waals surface area contributed by atoms with Crippen LogP contribution in [0.1, 0.15) is 22.3 Å². The van der Waals surface area contributed by atoms with Crippen LogP contribution in [-0.4, -0.2) is 9.97 Å². The predicted octanol–water partition coefficient (Wildman–Crippen LogP) is 13.3. The van der Waals surface area contributed by atoms with Gasteiger partial charge in [0.15, 0.2) is 5.82 Å². The van der Waals surface area contributed by atoms with Gasteiger partial charge in [-0.05, 0) is 62.7 Å². The average Bonchev–Trinajstić information content (AvgIpc) is 3.57. The Morgan fingerprint density at radius 3 is 1.46 bits per heavy atom. The lowest BCUT2D eigenvalue weighted by atomic mass is 9.66. The van der Waals surface area contributed by atoms with Crippen LogP contribution in [0.4, 0.5) is 0 Å². The van der Waals surface area contributed by atoms with E-state index in [1.165, 1.54) is 22.3 Å². The van der Waals surface area contributed by atoms with E-state index in [-0.39, 0.29) is 0 Å². The maximum atomic E-state index is 6.88. The Morgan fingerprint density at radius 1 is 0.304 bits per heavy atom. The van der Waals surface area contributed by atoms with Gasteiger partial charge in [-0.25, -0.2) is 9.97 Å². The van der Waals surface area contributed by atoms with Gasteiger partial charge in [0.05, 0.1) is 16.8 Å². The Kier molecular flexibility index (Phi) is 7.39. The molecular formula is C53H34N2O. The number of hydrogen-bond acceptors (Lipinski definition) is 3. The first-order valence-corrected chi connectivity index (χ1v) is 19.1. The van der Waals surface area contributed by atoms with Gasteiger partial charge in [0.1, 0.15) is 11.5 Å². The van der Waals surface area contributed by atoms with E-state index in [2.05, 4.69) is 200 Å². The highest BCUT2D eigenvalue weighted by molar-refractivity contribution is 5.90. The van der Waals surface area contributed by atoms with Crippen molar-refractivity contribution in [1.29, 1.82) is 0 Å². The van der Waals surface area contributed by atoms with Crippen LogP contribution in [0.15, 0.2) is 206 Å². The Bertz CT molecular complexity index is 2910. The van der Waals surface area contributed by atoms with Crippen molar-refractivity contribution in [2.75, 3.05) is 0 Å². The van der Waals surface area contributed by atoms with Gasteiger partial charge in [0, 0.05) is 27.8 Å². The molecule has 56 heavy (non-hydrogen) atoms. The number of ether oxygens (including phenoxy) is 1. The van der Waals surface area contributed by atoms with Gasteiger partial charge in [-0.1, -0.05) is 188 Å². The van der Waals surface area contributed by atoms with Crippen molar-refractivity contribution in [3.63, 3.8) is 0 Å². The molecule has 0 bridgehead atoms. The lowest BCUT2D eigenvalue weighted by Crippen LogP contribution is -2.32. The molecule has 1 aliphatic heterocycles. The van der Waals surface area contributed by atoms with Crippen molar-refractivity contribution in [2.45, 2.75) is 5.41 Å². The minimum atomic E-state index is -0.510. The summed E-state index contributed by atoms with van der Waals surface area (Å²) in [6, 6.07) is 72.9. The zero-order valence-corrected chi connectivity index (χ0v) is 30.4. The molecule has 0 amide bonds. The lowest BCUT2D eigenvalue weighted by Gasteiger charge is -2.39. The number of aromatic nitrogens is 2. The monoisotopic (exact) mass is 714 g/mol. The van der Waals surface area contributed by atoms with Gasteiger partial charge in [-0.2, -0.15) is 0 Å². The zero-order valence-electron chi connectivity index (χ0n) is 30.4. The Morgan fingerprint density at radius 2 is 0.786 bits per heavy atom. The van der Waals surface area contributed by atoms with Crippen LogP contribution in [0.2, 0.25) is 0 Å². The maximum absolute atomic E-state index is 6.88. The first-order chi connectivity index (χ1) is 27.8. The molecule has 0 N–H and O–H groups in total. The van der Waals surface area contributed by atoms with Crippen molar-refractivity contribution in [3.05, 3.63) is 229 Å². The minimum absolute atomic E-state index is 0.510. The highest BCUT2D eigenvalue weighted by atomic mass is 16.5. The van der Waals surface area contributed by atoms with Gasteiger partial charge < -0.3 is 4.74 Å². The van der Waals surface area contributed by atoms with Crippen molar-refractivity contribution in [2.24, 2.45) is 0 Å². The van der Waals surface area contributed by atoms with E-state index in [9.17, 15) is 0 Å². The molecule has 9 aromatic rings. The highest BCUT2D eigenvalue weighted by Crippen LogP contribution is 2.62. The molecule has 0 radical (unpaired) electrons. The fourth-order valence-electron chi connectivity index (χ4n) is 9.00. The van der Waals surface area contributed by atoms with E-state index in [4.69, 9.17) is 14.7 Å². The van der Waals surface area contributed by atoms with Crippen molar-refractivity contribution >= 4 is 0 Å². The van der Waals surface area contributed by atoms with E-state index < -0.39 is 5.41 Å². The molecule has 11 rings (SSSR count). The summed E-state index contributed by atoms with van der Waals surface area (Å²) in [7, 11) is 0. The van der Waals surface area contributed by atoms with Crippen molar-refractivity contribution < 1.29 is 4.74 Å². The third-order valence-electron chi connectivity index (χ3n) is 11.4. The standard InChI is InChI=1S/C53H34N2O/c1-3-17-35(18-4-1)38-21-7-9-25-42(38)49-34-48(36-19-5-2-6-20-36)54-52(55-49)43-26-10-8-22-39(43)37-31-32-47-51(33-37)56-50-30-16-15-29-46(50)53(47)44-27-13-11-23-40(44)41-24-12-14-28-45(41)53/h1-34H. The fourth-order valence-corrected chi connectivity index (χ4v) is 9.00. The van der Waals surface area contributed by atoms with E-state index in [0.717, 1.165) is 73.0 Å². The lowest BCUT2D eigenvalue weighted by molar-refractivity contribution is 0.436. The van der Waals surface area contributed by atoms with E-state index in [1.807, 2.05) is 6.07 Å². The van der Waals surface area contributed by atoms with Gasteiger partial charge in [-0.3, -0.25) is 0 Å². The SMILES string of the molecule is c1ccc(-c2cc(-c3ccccc3-c3ccccc3)nc(-c3ccccc3-c3ccc4c(c3)Oc3ccccc3C43c4ccccc4-c4ccccc43)n2)cc1. The quantitative estimate of drug-likeness (QED) is 0.178. The number of rotatable bonds is 5. The summed E-state index contributed by atoms with van der Waals surface area (Å²) in [6.45, 7) is 0. The van der Waals surface area contributed by atoms with Crippen LogP contribution in [0.25, 0.3) is 67.3 Å². The maximum Gasteiger partial charge on any atom is 0.161 e. The smallest absolute Gasteiger partial charge is 0.161 e. The first-order valence-electron chi connectivity index (χ1n) is 19.1. The Hall–Kier alpha value is -7.36. The molecule has 1 aliphatic carbocycles. The second-order valence-corrected chi connectivity index (χ2v) is 14.4. The molecule has 0 unspecified atom stereocenters. The molecule has 262 valence electrons. The van der Waals surface area contributed by atoms with Crippen LogP contribution in [-0.2, 0) is 5.41 Å². The average molecular weight is 715 g/mol. The first kappa shape index (κ1) is 32.1. The largest absolute Gasteiger partial charge is 0.457 e.